The zero-order valence-electron chi connectivity index (χ0n) is 17.9. The van der Waals surface area contributed by atoms with Gasteiger partial charge >= 0.3 is 0 Å². The molecule has 0 fully saturated rings. The zero-order valence-corrected chi connectivity index (χ0v) is 17.9. The Morgan fingerprint density at radius 2 is 1.94 bits per heavy atom. The molecule has 0 bridgehead atoms. The molecular formula is C24H21N5O3. The second-order valence-corrected chi connectivity index (χ2v) is 7.99. The van der Waals surface area contributed by atoms with E-state index in [0.29, 0.717) is 11.6 Å². The van der Waals surface area contributed by atoms with Gasteiger partial charge in [-0.05, 0) is 43.7 Å². The van der Waals surface area contributed by atoms with Crippen LogP contribution in [-0.4, -0.2) is 39.8 Å². The molecule has 2 aromatic heterocycles. The molecule has 8 heteroatoms. The lowest BCUT2D eigenvalue weighted by Gasteiger charge is -2.35. The van der Waals surface area contributed by atoms with Crippen molar-refractivity contribution in [3.8, 4) is 34.6 Å². The number of methoxy groups -OCH3 is 1. The summed E-state index contributed by atoms with van der Waals surface area (Å²) < 4.78 is 17.5. The number of nitrogens with two attached hydrogens (primary N) is 1. The maximum Gasteiger partial charge on any atom is 0.284 e. The van der Waals surface area contributed by atoms with Crippen molar-refractivity contribution in [3.63, 3.8) is 0 Å². The van der Waals surface area contributed by atoms with Crippen LogP contribution in [0.4, 0.5) is 0 Å². The number of aliphatic imine (C=N–C) groups is 1. The smallest absolute Gasteiger partial charge is 0.284 e. The molecule has 0 saturated carbocycles. The fraction of sp³-hybridized carbons (Fsp3) is 0.250. The molecule has 0 aliphatic carbocycles. The summed E-state index contributed by atoms with van der Waals surface area (Å²) in [6, 6.07) is 9.60. The van der Waals surface area contributed by atoms with Gasteiger partial charge in [0, 0.05) is 36.8 Å². The molecule has 1 spiro atoms. The fourth-order valence-corrected chi connectivity index (χ4v) is 3.85. The average Bonchev–Trinajstić information content (AvgIpc) is 3.15. The Balaban J connectivity index is 1.75. The van der Waals surface area contributed by atoms with Gasteiger partial charge in [-0.3, -0.25) is 0 Å². The van der Waals surface area contributed by atoms with Crippen molar-refractivity contribution in [2.45, 2.75) is 31.1 Å². The van der Waals surface area contributed by atoms with Crippen LogP contribution in [0.15, 0.2) is 60.2 Å². The fourth-order valence-electron chi connectivity index (χ4n) is 3.85. The van der Waals surface area contributed by atoms with Crippen molar-refractivity contribution in [1.29, 1.82) is 0 Å². The van der Waals surface area contributed by atoms with Crippen LogP contribution >= 0.6 is 0 Å². The van der Waals surface area contributed by atoms with Crippen molar-refractivity contribution in [3.05, 3.63) is 66.4 Å². The molecule has 2 atom stereocenters. The maximum absolute atomic E-state index is 6.12. The van der Waals surface area contributed by atoms with E-state index in [1.807, 2.05) is 44.2 Å². The maximum atomic E-state index is 6.12. The third kappa shape index (κ3) is 3.15. The number of fused-ring (bicyclic) bond motifs is 4. The van der Waals surface area contributed by atoms with E-state index in [-0.39, 0.29) is 6.02 Å². The molecule has 2 aliphatic rings. The lowest BCUT2D eigenvalue weighted by atomic mass is 9.77. The zero-order chi connectivity index (χ0) is 22.3. The third-order valence-corrected chi connectivity index (χ3v) is 5.59. The van der Waals surface area contributed by atoms with Gasteiger partial charge in [-0.1, -0.05) is 17.9 Å². The highest BCUT2D eigenvalue weighted by Gasteiger charge is 2.54. The van der Waals surface area contributed by atoms with Gasteiger partial charge < -0.3 is 19.9 Å². The van der Waals surface area contributed by atoms with E-state index in [1.54, 1.807) is 25.7 Å². The molecule has 160 valence electrons. The second kappa shape index (κ2) is 7.32. The Hall–Kier alpha value is -3.96. The highest BCUT2D eigenvalue weighted by molar-refractivity contribution is 5.79. The molecular weight excluding hydrogens is 406 g/mol. The van der Waals surface area contributed by atoms with Crippen molar-refractivity contribution in [1.82, 2.24) is 15.0 Å². The molecule has 0 saturated heterocycles. The van der Waals surface area contributed by atoms with E-state index in [1.165, 1.54) is 6.33 Å². The van der Waals surface area contributed by atoms with E-state index in [4.69, 9.17) is 24.9 Å². The van der Waals surface area contributed by atoms with E-state index in [9.17, 15) is 0 Å². The van der Waals surface area contributed by atoms with E-state index >= 15 is 0 Å². The Morgan fingerprint density at radius 1 is 1.12 bits per heavy atom. The number of nitrogens with zero attached hydrogens (tertiary/aromatic N) is 4. The Labute approximate surface area is 185 Å². The van der Waals surface area contributed by atoms with Gasteiger partial charge in [-0.2, -0.15) is 0 Å². The topological polar surface area (TPSA) is 105 Å². The second-order valence-electron chi connectivity index (χ2n) is 7.99. The summed E-state index contributed by atoms with van der Waals surface area (Å²) in [4.78, 5) is 17.5. The summed E-state index contributed by atoms with van der Waals surface area (Å²) in [5.74, 6) is 7.40. The minimum atomic E-state index is -1.05. The minimum absolute atomic E-state index is 0.0515. The van der Waals surface area contributed by atoms with Crippen LogP contribution in [-0.2, 0) is 15.0 Å². The monoisotopic (exact) mass is 427 g/mol. The van der Waals surface area contributed by atoms with Crippen LogP contribution in [0.25, 0.3) is 11.1 Å². The van der Waals surface area contributed by atoms with Crippen LogP contribution < -0.4 is 10.5 Å². The number of pyridine rings is 1. The van der Waals surface area contributed by atoms with Crippen LogP contribution in [0.5, 0.6) is 11.6 Å². The van der Waals surface area contributed by atoms with Gasteiger partial charge in [0.2, 0.25) is 5.88 Å². The van der Waals surface area contributed by atoms with E-state index < -0.39 is 17.2 Å². The summed E-state index contributed by atoms with van der Waals surface area (Å²) in [6.07, 6.45) is 5.96. The van der Waals surface area contributed by atoms with Crippen LogP contribution in [0.1, 0.15) is 25.0 Å². The largest absolute Gasteiger partial charge is 0.445 e. The summed E-state index contributed by atoms with van der Waals surface area (Å²) in [5, 5.41) is 0. The van der Waals surface area contributed by atoms with Gasteiger partial charge in [0.15, 0.2) is 11.6 Å². The van der Waals surface area contributed by atoms with Crippen LogP contribution in [0.3, 0.4) is 0 Å². The molecule has 0 amide bonds. The predicted molar refractivity (Wildman–Crippen MR) is 118 cm³/mol. The highest BCUT2D eigenvalue weighted by atomic mass is 16.5. The van der Waals surface area contributed by atoms with Crippen molar-refractivity contribution in [2.24, 2.45) is 10.7 Å². The molecule has 8 nitrogen and oxygen atoms in total. The van der Waals surface area contributed by atoms with E-state index in [0.717, 1.165) is 22.3 Å². The number of hydrogen-bond acceptors (Lipinski definition) is 8. The normalized spacial score (nSPS) is 20.8. The van der Waals surface area contributed by atoms with Crippen LogP contribution in [0.2, 0.25) is 0 Å². The molecule has 4 heterocycles. The molecule has 1 aromatic carbocycles. The third-order valence-electron chi connectivity index (χ3n) is 5.59. The first-order valence-corrected chi connectivity index (χ1v) is 10.1. The molecule has 3 aromatic rings. The SMILES string of the molecule is COC(C)(C)C#CC1OC(N)=NC12c1cc(-c3cncnc3)ccc1Oc1ncccc12. The van der Waals surface area contributed by atoms with Gasteiger partial charge in [0.1, 0.15) is 17.7 Å². The summed E-state index contributed by atoms with van der Waals surface area (Å²) >= 11 is 0. The van der Waals surface area contributed by atoms with Crippen LogP contribution in [0, 0.1) is 11.8 Å². The first kappa shape index (κ1) is 20.0. The Bertz CT molecular complexity index is 1280. The van der Waals surface area contributed by atoms with E-state index in [2.05, 4.69) is 26.8 Å². The highest BCUT2D eigenvalue weighted by Crippen LogP contribution is 2.53. The lowest BCUT2D eigenvalue weighted by molar-refractivity contribution is 0.0735. The lowest BCUT2D eigenvalue weighted by Crippen LogP contribution is -2.39. The van der Waals surface area contributed by atoms with Crippen molar-refractivity contribution < 1.29 is 14.2 Å². The van der Waals surface area contributed by atoms with Crippen molar-refractivity contribution >= 4 is 6.02 Å². The molecule has 0 radical (unpaired) electrons. The Kier molecular flexibility index (Phi) is 4.57. The van der Waals surface area contributed by atoms with Gasteiger partial charge in [0.05, 0.1) is 5.56 Å². The average molecular weight is 427 g/mol. The quantitative estimate of drug-likeness (QED) is 0.627. The molecule has 2 N–H and O–H groups in total. The van der Waals surface area contributed by atoms with Gasteiger partial charge in [0.25, 0.3) is 6.02 Å². The number of rotatable bonds is 2. The molecule has 2 aliphatic heterocycles. The number of aromatic nitrogens is 3. The number of amidine groups is 1. The van der Waals surface area contributed by atoms with Crippen molar-refractivity contribution in [2.75, 3.05) is 7.11 Å². The summed E-state index contributed by atoms with van der Waals surface area (Å²) in [7, 11) is 1.61. The summed E-state index contributed by atoms with van der Waals surface area (Å²) in [6.45, 7) is 3.76. The Morgan fingerprint density at radius 3 is 2.72 bits per heavy atom. The first-order chi connectivity index (χ1) is 15.4. The van der Waals surface area contributed by atoms with Gasteiger partial charge in [-0.15, -0.1) is 0 Å². The predicted octanol–water partition coefficient (Wildman–Crippen LogP) is 3.03. The number of benzene rings is 1. The summed E-state index contributed by atoms with van der Waals surface area (Å²) in [5.41, 5.74) is 7.66. The number of hydrogen-bond donors (Lipinski definition) is 1. The molecule has 5 rings (SSSR count). The van der Waals surface area contributed by atoms with Gasteiger partial charge in [-0.25, -0.2) is 19.9 Å². The molecule has 32 heavy (non-hydrogen) atoms. The standard InChI is InChI=1S/C24H21N5O3/c1-23(2,30-3)9-8-20-24(29-22(25)32-20)17-5-4-10-28-21(17)31-19-7-6-15(11-18(19)24)16-12-26-14-27-13-16/h4-7,10-14,20H,1-3H3,(H2,25,29). The first-order valence-electron chi connectivity index (χ1n) is 10.1. The number of ether oxygens (including phenoxy) is 3. The minimum Gasteiger partial charge on any atom is -0.445 e. The molecule has 2 unspecified atom stereocenters.